The van der Waals surface area contributed by atoms with Gasteiger partial charge in [0.2, 0.25) is 0 Å². The molecule has 0 radical (unpaired) electrons. The van der Waals surface area contributed by atoms with Gasteiger partial charge in [-0.05, 0) is 58.3 Å². The molecule has 0 bridgehead atoms. The normalized spacial score (nSPS) is 37.2. The van der Waals surface area contributed by atoms with Crippen molar-refractivity contribution in [3.05, 3.63) is 0 Å². The maximum Gasteiger partial charge on any atom is 0.109 e. The molecule has 120 valence electrons. The Balaban J connectivity index is 1.87. The quantitative estimate of drug-likeness (QED) is 0.812. The molecule has 0 aromatic heterocycles. The predicted octanol–water partition coefficient (Wildman–Crippen LogP) is 1.93. The zero-order valence-corrected chi connectivity index (χ0v) is 14.2. The molecule has 4 unspecified atom stereocenters. The Morgan fingerprint density at radius 2 is 2.14 bits per heavy atom. The van der Waals surface area contributed by atoms with Crippen LogP contribution in [0.15, 0.2) is 0 Å². The first-order valence-electron chi connectivity index (χ1n) is 8.57. The van der Waals surface area contributed by atoms with Gasteiger partial charge in [-0.2, -0.15) is 5.26 Å². The monoisotopic (exact) mass is 292 g/mol. The van der Waals surface area contributed by atoms with Crippen molar-refractivity contribution in [3.8, 4) is 6.07 Å². The third-order valence-corrected chi connectivity index (χ3v) is 5.62. The standard InChI is InChI=1S/C17H32N4/c1-5-19-17(13-18)9-6-7-15(17)8-10-21-11-14(2)16(12-21)20(3)4/h14-16,19H,5-12H2,1-4H3. The van der Waals surface area contributed by atoms with Crippen molar-refractivity contribution < 1.29 is 0 Å². The minimum atomic E-state index is -0.249. The lowest BCUT2D eigenvalue weighted by Crippen LogP contribution is -2.47. The molecule has 21 heavy (non-hydrogen) atoms. The molecule has 0 amide bonds. The maximum atomic E-state index is 9.63. The van der Waals surface area contributed by atoms with E-state index in [2.05, 4.69) is 49.1 Å². The Morgan fingerprint density at radius 1 is 1.38 bits per heavy atom. The Kier molecular flexibility index (Phi) is 5.65. The Labute approximate surface area is 130 Å². The van der Waals surface area contributed by atoms with E-state index in [1.54, 1.807) is 0 Å². The van der Waals surface area contributed by atoms with E-state index in [1.807, 2.05) is 0 Å². The van der Waals surface area contributed by atoms with Crippen LogP contribution in [0.5, 0.6) is 0 Å². The van der Waals surface area contributed by atoms with Crippen LogP contribution in [0, 0.1) is 23.2 Å². The summed E-state index contributed by atoms with van der Waals surface area (Å²) in [5.41, 5.74) is -0.249. The fourth-order valence-corrected chi connectivity index (χ4v) is 4.44. The van der Waals surface area contributed by atoms with Crippen molar-refractivity contribution in [2.45, 2.75) is 51.1 Å². The van der Waals surface area contributed by atoms with Gasteiger partial charge >= 0.3 is 0 Å². The first-order chi connectivity index (χ1) is 10.0. The van der Waals surface area contributed by atoms with Crippen LogP contribution >= 0.6 is 0 Å². The van der Waals surface area contributed by atoms with Crippen molar-refractivity contribution in [1.29, 1.82) is 5.26 Å². The highest BCUT2D eigenvalue weighted by molar-refractivity contribution is 5.14. The van der Waals surface area contributed by atoms with Gasteiger partial charge in [-0.3, -0.25) is 5.32 Å². The fourth-order valence-electron chi connectivity index (χ4n) is 4.44. The third-order valence-electron chi connectivity index (χ3n) is 5.62. The number of likely N-dealkylation sites (tertiary alicyclic amines) is 1. The van der Waals surface area contributed by atoms with Gasteiger partial charge in [-0.25, -0.2) is 0 Å². The number of hydrogen-bond donors (Lipinski definition) is 1. The first kappa shape index (κ1) is 16.7. The minimum Gasteiger partial charge on any atom is -0.305 e. The van der Waals surface area contributed by atoms with Crippen LogP contribution in [0.2, 0.25) is 0 Å². The molecule has 1 aliphatic carbocycles. The minimum absolute atomic E-state index is 0.249. The molecular formula is C17H32N4. The molecule has 4 atom stereocenters. The summed E-state index contributed by atoms with van der Waals surface area (Å²) in [7, 11) is 4.38. The average molecular weight is 292 g/mol. The average Bonchev–Trinajstić information content (AvgIpc) is 3.01. The SMILES string of the molecule is CCNC1(C#N)CCCC1CCN1CC(C)C(N(C)C)C1. The molecule has 1 saturated carbocycles. The summed E-state index contributed by atoms with van der Waals surface area (Å²) in [6.07, 6.45) is 4.59. The number of likely N-dealkylation sites (N-methyl/N-ethyl adjacent to an activating group) is 1. The Bertz CT molecular complexity index is 375. The van der Waals surface area contributed by atoms with Crippen molar-refractivity contribution in [2.24, 2.45) is 11.8 Å². The second-order valence-corrected chi connectivity index (χ2v) is 7.26. The molecule has 1 saturated heterocycles. The van der Waals surface area contributed by atoms with Gasteiger partial charge in [0.15, 0.2) is 0 Å². The molecule has 1 N–H and O–H groups in total. The molecule has 2 rings (SSSR count). The predicted molar refractivity (Wildman–Crippen MR) is 87.1 cm³/mol. The van der Waals surface area contributed by atoms with Gasteiger partial charge < -0.3 is 9.80 Å². The summed E-state index contributed by atoms with van der Waals surface area (Å²) >= 11 is 0. The van der Waals surface area contributed by atoms with Crippen LogP contribution < -0.4 is 5.32 Å². The van der Waals surface area contributed by atoms with Crippen LogP contribution in [0.3, 0.4) is 0 Å². The lowest BCUT2D eigenvalue weighted by Gasteiger charge is -2.31. The molecule has 4 heteroatoms. The summed E-state index contributed by atoms with van der Waals surface area (Å²) in [5.74, 6) is 1.27. The molecule has 0 spiro atoms. The largest absolute Gasteiger partial charge is 0.305 e. The second-order valence-electron chi connectivity index (χ2n) is 7.26. The molecular weight excluding hydrogens is 260 g/mol. The lowest BCUT2D eigenvalue weighted by molar-refractivity contribution is 0.231. The van der Waals surface area contributed by atoms with Gasteiger partial charge in [0.25, 0.3) is 0 Å². The molecule has 0 aromatic rings. The van der Waals surface area contributed by atoms with E-state index < -0.39 is 0 Å². The van der Waals surface area contributed by atoms with Crippen LogP contribution in [0.4, 0.5) is 0 Å². The van der Waals surface area contributed by atoms with Crippen molar-refractivity contribution in [3.63, 3.8) is 0 Å². The lowest BCUT2D eigenvalue weighted by atomic mass is 9.85. The van der Waals surface area contributed by atoms with E-state index in [-0.39, 0.29) is 5.54 Å². The van der Waals surface area contributed by atoms with Crippen molar-refractivity contribution in [2.75, 3.05) is 40.3 Å². The molecule has 2 aliphatic rings. The summed E-state index contributed by atoms with van der Waals surface area (Å²) < 4.78 is 0. The van der Waals surface area contributed by atoms with E-state index in [0.717, 1.165) is 31.8 Å². The maximum absolute atomic E-state index is 9.63. The molecule has 1 heterocycles. The summed E-state index contributed by atoms with van der Waals surface area (Å²) in [5, 5.41) is 13.1. The number of hydrogen-bond acceptors (Lipinski definition) is 4. The van der Waals surface area contributed by atoms with Crippen LogP contribution in [0.25, 0.3) is 0 Å². The van der Waals surface area contributed by atoms with Gasteiger partial charge in [-0.1, -0.05) is 20.3 Å². The zero-order valence-electron chi connectivity index (χ0n) is 14.2. The van der Waals surface area contributed by atoms with Gasteiger partial charge in [0, 0.05) is 19.1 Å². The van der Waals surface area contributed by atoms with Gasteiger partial charge in [-0.15, -0.1) is 0 Å². The number of rotatable bonds is 6. The van der Waals surface area contributed by atoms with E-state index >= 15 is 0 Å². The van der Waals surface area contributed by atoms with E-state index in [9.17, 15) is 5.26 Å². The van der Waals surface area contributed by atoms with Crippen LogP contribution in [0.1, 0.15) is 39.5 Å². The van der Waals surface area contributed by atoms with Gasteiger partial charge in [0.1, 0.15) is 5.54 Å². The van der Waals surface area contributed by atoms with E-state index in [4.69, 9.17) is 0 Å². The molecule has 4 nitrogen and oxygen atoms in total. The van der Waals surface area contributed by atoms with Crippen LogP contribution in [-0.4, -0.2) is 61.7 Å². The highest BCUT2D eigenvalue weighted by Gasteiger charge is 2.42. The molecule has 0 aromatic carbocycles. The third kappa shape index (κ3) is 3.59. The van der Waals surface area contributed by atoms with Crippen molar-refractivity contribution in [1.82, 2.24) is 15.1 Å². The topological polar surface area (TPSA) is 42.3 Å². The highest BCUT2D eigenvalue weighted by Crippen LogP contribution is 2.38. The second kappa shape index (κ2) is 7.09. The number of nitrogens with zero attached hydrogens (tertiary/aromatic N) is 3. The van der Waals surface area contributed by atoms with Crippen LogP contribution in [-0.2, 0) is 0 Å². The van der Waals surface area contributed by atoms with Crippen molar-refractivity contribution >= 4 is 0 Å². The van der Waals surface area contributed by atoms with E-state index in [0.29, 0.717) is 12.0 Å². The highest BCUT2D eigenvalue weighted by atomic mass is 15.2. The Hall–Kier alpha value is -0.630. The first-order valence-corrected chi connectivity index (χ1v) is 8.57. The zero-order chi connectivity index (χ0) is 15.5. The molecule has 2 fully saturated rings. The number of nitrogens with one attached hydrogen (secondary N) is 1. The van der Waals surface area contributed by atoms with Gasteiger partial charge in [0.05, 0.1) is 6.07 Å². The fraction of sp³-hybridized carbons (Fsp3) is 0.941. The molecule has 1 aliphatic heterocycles. The Morgan fingerprint density at radius 3 is 2.71 bits per heavy atom. The van der Waals surface area contributed by atoms with E-state index in [1.165, 1.54) is 25.9 Å². The smallest absolute Gasteiger partial charge is 0.109 e. The summed E-state index contributed by atoms with van der Waals surface area (Å²) in [4.78, 5) is 4.96. The number of nitriles is 1. The summed E-state index contributed by atoms with van der Waals surface area (Å²) in [6, 6.07) is 3.29. The summed E-state index contributed by atoms with van der Waals surface area (Å²) in [6.45, 7) is 8.90.